The molecule has 1 aliphatic heterocycles. The van der Waals surface area contributed by atoms with Gasteiger partial charge in [0, 0.05) is 24.5 Å². The molecule has 1 aliphatic rings. The van der Waals surface area contributed by atoms with Crippen molar-refractivity contribution in [3.63, 3.8) is 0 Å². The van der Waals surface area contributed by atoms with Gasteiger partial charge < -0.3 is 9.64 Å². The van der Waals surface area contributed by atoms with E-state index in [9.17, 15) is 14.9 Å². The molecule has 0 bridgehead atoms. The van der Waals surface area contributed by atoms with Crippen LogP contribution >= 0.6 is 0 Å². The predicted octanol–water partition coefficient (Wildman–Crippen LogP) is 2.47. The zero-order chi connectivity index (χ0) is 15.7. The molecule has 0 aliphatic carbocycles. The number of hydrogen-bond acceptors (Lipinski definition) is 6. The number of nitro groups is 1. The minimum absolute atomic E-state index is 0.0606. The summed E-state index contributed by atoms with van der Waals surface area (Å²) in [6.45, 7) is 0.616. The van der Waals surface area contributed by atoms with Gasteiger partial charge in [-0.25, -0.2) is 9.78 Å². The van der Waals surface area contributed by atoms with Gasteiger partial charge in [-0.15, -0.1) is 0 Å². The summed E-state index contributed by atoms with van der Waals surface area (Å²) in [7, 11) is 1.22. The van der Waals surface area contributed by atoms with E-state index in [4.69, 9.17) is 0 Å². The molecule has 2 heterocycles. The molecule has 0 spiro atoms. The summed E-state index contributed by atoms with van der Waals surface area (Å²) in [6, 6.07) is 8.91. The Balaban J connectivity index is 2.08. The molecule has 1 aromatic carbocycles. The first-order valence-electron chi connectivity index (χ1n) is 6.70. The quantitative estimate of drug-likeness (QED) is 0.491. The predicted molar refractivity (Wildman–Crippen MR) is 79.4 cm³/mol. The molecular weight excluding hydrogens is 286 g/mol. The van der Waals surface area contributed by atoms with Gasteiger partial charge in [0.1, 0.15) is 0 Å². The molecule has 0 radical (unpaired) electrons. The highest BCUT2D eigenvalue weighted by Crippen LogP contribution is 2.37. The second-order valence-corrected chi connectivity index (χ2v) is 4.85. The molecule has 112 valence electrons. The van der Waals surface area contributed by atoms with Crippen LogP contribution in [0.25, 0.3) is 0 Å². The van der Waals surface area contributed by atoms with Gasteiger partial charge in [0.2, 0.25) is 5.82 Å². The van der Waals surface area contributed by atoms with Crippen LogP contribution in [0, 0.1) is 10.1 Å². The Kier molecular flexibility index (Phi) is 3.46. The van der Waals surface area contributed by atoms with Gasteiger partial charge in [-0.1, -0.05) is 18.2 Å². The van der Waals surface area contributed by atoms with Crippen LogP contribution in [0.5, 0.6) is 0 Å². The minimum Gasteiger partial charge on any atom is -0.465 e. The Bertz CT molecular complexity index is 760. The monoisotopic (exact) mass is 299 g/mol. The van der Waals surface area contributed by atoms with E-state index in [0.717, 1.165) is 17.7 Å². The van der Waals surface area contributed by atoms with Gasteiger partial charge in [0.05, 0.1) is 17.6 Å². The molecule has 22 heavy (non-hydrogen) atoms. The maximum absolute atomic E-state index is 11.5. The lowest BCUT2D eigenvalue weighted by molar-refractivity contribution is -0.384. The second-order valence-electron chi connectivity index (χ2n) is 4.85. The maximum Gasteiger partial charge on any atom is 0.339 e. The van der Waals surface area contributed by atoms with Gasteiger partial charge >= 0.3 is 11.7 Å². The molecule has 0 N–H and O–H groups in total. The first kappa shape index (κ1) is 14.0. The van der Waals surface area contributed by atoms with E-state index in [1.54, 1.807) is 4.90 Å². The number of para-hydroxylation sites is 1. The number of esters is 1. The highest BCUT2D eigenvalue weighted by Gasteiger charge is 2.28. The third-order valence-electron chi connectivity index (χ3n) is 3.61. The lowest BCUT2D eigenvalue weighted by atomic mass is 10.2. The first-order chi connectivity index (χ1) is 10.6. The number of nitrogens with zero attached hydrogens (tertiary/aromatic N) is 3. The van der Waals surface area contributed by atoms with Crippen molar-refractivity contribution >= 4 is 23.2 Å². The van der Waals surface area contributed by atoms with Crippen molar-refractivity contribution in [2.24, 2.45) is 0 Å². The van der Waals surface area contributed by atoms with Crippen molar-refractivity contribution in [1.82, 2.24) is 4.98 Å². The molecule has 0 atom stereocenters. The summed E-state index contributed by atoms with van der Waals surface area (Å²) in [5.41, 5.74) is 1.88. The van der Waals surface area contributed by atoms with Gasteiger partial charge in [-0.3, -0.25) is 10.1 Å². The van der Waals surface area contributed by atoms with Crippen molar-refractivity contribution in [2.75, 3.05) is 18.6 Å². The molecule has 0 saturated heterocycles. The number of fused-ring (bicyclic) bond motifs is 1. The number of rotatable bonds is 3. The van der Waals surface area contributed by atoms with E-state index in [1.807, 2.05) is 24.3 Å². The fourth-order valence-electron chi connectivity index (χ4n) is 2.58. The van der Waals surface area contributed by atoms with E-state index in [0.29, 0.717) is 6.54 Å². The van der Waals surface area contributed by atoms with Crippen LogP contribution in [-0.4, -0.2) is 29.5 Å². The Labute approximate surface area is 126 Å². The molecule has 0 amide bonds. The summed E-state index contributed by atoms with van der Waals surface area (Å²) in [6.07, 6.45) is 2.10. The van der Waals surface area contributed by atoms with Crippen LogP contribution in [0.2, 0.25) is 0 Å². The summed E-state index contributed by atoms with van der Waals surface area (Å²) < 4.78 is 4.58. The van der Waals surface area contributed by atoms with Crippen LogP contribution in [0.3, 0.4) is 0 Å². The Morgan fingerprint density at radius 1 is 1.41 bits per heavy atom. The second kappa shape index (κ2) is 5.44. The molecule has 2 aromatic rings. The molecule has 1 aromatic heterocycles. The fraction of sp³-hybridized carbons (Fsp3) is 0.200. The summed E-state index contributed by atoms with van der Waals surface area (Å²) >= 11 is 0. The molecular formula is C15H13N3O4. The third-order valence-corrected chi connectivity index (χ3v) is 3.61. The topological polar surface area (TPSA) is 85.6 Å². The molecule has 0 saturated carbocycles. The number of carbonyl (C=O) groups excluding carboxylic acids is 1. The Morgan fingerprint density at radius 2 is 2.18 bits per heavy atom. The number of anilines is 2. The van der Waals surface area contributed by atoms with E-state index in [-0.39, 0.29) is 17.1 Å². The number of hydrogen-bond donors (Lipinski definition) is 0. The van der Waals surface area contributed by atoms with Crippen molar-refractivity contribution in [2.45, 2.75) is 6.42 Å². The van der Waals surface area contributed by atoms with Crippen LogP contribution in [-0.2, 0) is 11.2 Å². The van der Waals surface area contributed by atoms with Crippen molar-refractivity contribution in [3.05, 3.63) is 57.8 Å². The highest BCUT2D eigenvalue weighted by molar-refractivity contribution is 5.90. The number of methoxy groups -OCH3 is 1. The van der Waals surface area contributed by atoms with Crippen LogP contribution < -0.4 is 4.90 Å². The Hall–Kier alpha value is -2.96. The van der Waals surface area contributed by atoms with Crippen LogP contribution in [0.1, 0.15) is 15.9 Å². The standard InChI is InChI=1S/C15H13N3O4/c1-22-15(19)11-8-13(18(20)21)14(16-9-11)17-7-6-10-4-2-3-5-12(10)17/h2-5,8-9H,6-7H2,1H3. The molecule has 0 unspecified atom stereocenters. The smallest absolute Gasteiger partial charge is 0.339 e. The largest absolute Gasteiger partial charge is 0.465 e. The zero-order valence-electron chi connectivity index (χ0n) is 11.9. The summed E-state index contributed by atoms with van der Waals surface area (Å²) in [5, 5.41) is 11.3. The lowest BCUT2D eigenvalue weighted by Gasteiger charge is -2.18. The number of ether oxygens (including phenoxy) is 1. The SMILES string of the molecule is COC(=O)c1cnc(N2CCc3ccccc32)c([N+](=O)[O-])c1. The number of pyridine rings is 1. The number of carbonyl (C=O) groups is 1. The molecule has 7 nitrogen and oxygen atoms in total. The van der Waals surface area contributed by atoms with E-state index >= 15 is 0 Å². The molecule has 3 rings (SSSR count). The first-order valence-corrected chi connectivity index (χ1v) is 6.70. The van der Waals surface area contributed by atoms with Gasteiger partial charge in [-0.2, -0.15) is 0 Å². The third kappa shape index (κ3) is 2.26. The Morgan fingerprint density at radius 3 is 2.91 bits per heavy atom. The fourth-order valence-corrected chi connectivity index (χ4v) is 2.58. The van der Waals surface area contributed by atoms with Crippen LogP contribution in [0.15, 0.2) is 36.5 Å². The van der Waals surface area contributed by atoms with Gasteiger partial charge in [0.25, 0.3) is 0 Å². The summed E-state index contributed by atoms with van der Waals surface area (Å²) in [4.78, 5) is 28.3. The number of aromatic nitrogens is 1. The average Bonchev–Trinajstić information content (AvgIpc) is 2.97. The lowest BCUT2D eigenvalue weighted by Crippen LogP contribution is -2.17. The van der Waals surface area contributed by atoms with Crippen molar-refractivity contribution in [1.29, 1.82) is 0 Å². The zero-order valence-corrected chi connectivity index (χ0v) is 11.9. The van der Waals surface area contributed by atoms with Gasteiger partial charge in [0.15, 0.2) is 0 Å². The van der Waals surface area contributed by atoms with Gasteiger partial charge in [-0.05, 0) is 18.1 Å². The number of benzene rings is 1. The maximum atomic E-state index is 11.5. The van der Waals surface area contributed by atoms with Crippen molar-refractivity contribution < 1.29 is 14.5 Å². The highest BCUT2D eigenvalue weighted by atomic mass is 16.6. The van der Waals surface area contributed by atoms with E-state index in [1.165, 1.54) is 19.4 Å². The summed E-state index contributed by atoms with van der Waals surface area (Å²) in [5.74, 6) is -0.411. The molecule has 0 fully saturated rings. The average molecular weight is 299 g/mol. The van der Waals surface area contributed by atoms with E-state index < -0.39 is 10.9 Å². The van der Waals surface area contributed by atoms with Crippen molar-refractivity contribution in [3.8, 4) is 0 Å². The minimum atomic E-state index is -0.649. The molecule has 7 heteroatoms. The normalized spacial score (nSPS) is 12.9. The van der Waals surface area contributed by atoms with Crippen LogP contribution in [0.4, 0.5) is 17.2 Å². The van der Waals surface area contributed by atoms with E-state index in [2.05, 4.69) is 9.72 Å².